The second-order valence-corrected chi connectivity index (χ2v) is 6.68. The number of carbonyl (C=O) groups is 2. The second kappa shape index (κ2) is 7.22. The molecule has 0 aliphatic carbocycles. The average Bonchev–Trinajstić information content (AvgIpc) is 2.34. The van der Waals surface area contributed by atoms with Gasteiger partial charge in [-0.25, -0.2) is 4.79 Å². The molecule has 1 aliphatic rings. The van der Waals surface area contributed by atoms with E-state index in [9.17, 15) is 14.7 Å². The summed E-state index contributed by atoms with van der Waals surface area (Å²) < 4.78 is 4.72. The maximum atomic E-state index is 12.0. The van der Waals surface area contributed by atoms with Crippen LogP contribution >= 0.6 is 0 Å². The van der Waals surface area contributed by atoms with Gasteiger partial charge in [-0.3, -0.25) is 9.69 Å². The van der Waals surface area contributed by atoms with Gasteiger partial charge >= 0.3 is 5.97 Å². The fraction of sp³-hybridized carbons (Fsp3) is 0.867. The topological polar surface area (TPSA) is 78.9 Å². The molecule has 0 aromatic carbocycles. The number of ether oxygens (including phenoxy) is 1. The molecule has 1 atom stereocenters. The van der Waals surface area contributed by atoms with E-state index < -0.39 is 17.6 Å². The summed E-state index contributed by atoms with van der Waals surface area (Å²) in [5.74, 6) is -0.179. The summed E-state index contributed by atoms with van der Waals surface area (Å²) in [7, 11) is 1.32. The van der Waals surface area contributed by atoms with Crippen molar-refractivity contribution < 1.29 is 19.4 Å². The highest BCUT2D eigenvalue weighted by Crippen LogP contribution is 2.27. The predicted octanol–water partition coefficient (Wildman–Crippen LogP) is 0.393. The number of aliphatic hydroxyl groups is 1. The first-order chi connectivity index (χ1) is 9.67. The van der Waals surface area contributed by atoms with Crippen molar-refractivity contribution in [1.29, 1.82) is 0 Å². The SMILES string of the molecule is COC(=O)C(CC(C)C)NC(=O)CN1CC(O)(C(C)C)C1. The molecule has 6 heteroatoms. The monoisotopic (exact) mass is 300 g/mol. The van der Waals surface area contributed by atoms with Crippen molar-refractivity contribution in [3.05, 3.63) is 0 Å². The van der Waals surface area contributed by atoms with Gasteiger partial charge < -0.3 is 15.2 Å². The first kappa shape index (κ1) is 17.9. The van der Waals surface area contributed by atoms with Crippen LogP contribution in [0.2, 0.25) is 0 Å². The van der Waals surface area contributed by atoms with Crippen molar-refractivity contribution in [2.45, 2.75) is 45.8 Å². The minimum atomic E-state index is -0.694. The molecule has 0 saturated carbocycles. The number of methoxy groups -OCH3 is 1. The standard InChI is InChI=1S/C15H28N2O4/c1-10(2)6-12(14(19)21-5)16-13(18)7-17-8-15(20,9-17)11(3)4/h10-12,20H,6-9H2,1-5H3,(H,16,18). The molecule has 2 N–H and O–H groups in total. The van der Waals surface area contributed by atoms with Gasteiger partial charge in [0.1, 0.15) is 6.04 Å². The van der Waals surface area contributed by atoms with Crippen molar-refractivity contribution in [3.63, 3.8) is 0 Å². The van der Waals surface area contributed by atoms with Gasteiger partial charge in [0.15, 0.2) is 0 Å². The molecule has 1 heterocycles. The molecular formula is C15H28N2O4. The van der Waals surface area contributed by atoms with Crippen molar-refractivity contribution in [3.8, 4) is 0 Å². The number of amides is 1. The molecule has 1 amide bonds. The number of rotatable bonds is 7. The van der Waals surface area contributed by atoms with Gasteiger partial charge in [-0.2, -0.15) is 0 Å². The lowest BCUT2D eigenvalue weighted by Crippen LogP contribution is -2.66. The molecule has 1 fully saturated rings. The quantitative estimate of drug-likeness (QED) is 0.665. The van der Waals surface area contributed by atoms with E-state index in [-0.39, 0.29) is 24.3 Å². The molecule has 21 heavy (non-hydrogen) atoms. The van der Waals surface area contributed by atoms with Gasteiger partial charge in [0, 0.05) is 13.1 Å². The zero-order valence-corrected chi connectivity index (χ0v) is 13.7. The first-order valence-corrected chi connectivity index (χ1v) is 7.50. The Labute approximate surface area is 126 Å². The summed E-state index contributed by atoms with van der Waals surface area (Å²) in [5.41, 5.74) is -0.694. The van der Waals surface area contributed by atoms with Crippen LogP contribution in [0.5, 0.6) is 0 Å². The van der Waals surface area contributed by atoms with E-state index in [1.807, 2.05) is 32.6 Å². The molecule has 0 radical (unpaired) electrons. The van der Waals surface area contributed by atoms with E-state index in [1.165, 1.54) is 7.11 Å². The summed E-state index contributed by atoms with van der Waals surface area (Å²) >= 11 is 0. The van der Waals surface area contributed by atoms with Crippen LogP contribution in [0.3, 0.4) is 0 Å². The Morgan fingerprint density at radius 2 is 1.86 bits per heavy atom. The summed E-state index contributed by atoms with van der Waals surface area (Å²) in [6.07, 6.45) is 0.550. The van der Waals surface area contributed by atoms with E-state index in [1.54, 1.807) is 0 Å². The van der Waals surface area contributed by atoms with Crippen LogP contribution < -0.4 is 5.32 Å². The molecule has 1 saturated heterocycles. The number of hydrogen-bond donors (Lipinski definition) is 2. The van der Waals surface area contributed by atoms with Crippen LogP contribution in [0.15, 0.2) is 0 Å². The lowest BCUT2D eigenvalue weighted by atomic mass is 9.83. The number of nitrogens with one attached hydrogen (secondary N) is 1. The van der Waals surface area contributed by atoms with Crippen LogP contribution in [0, 0.1) is 11.8 Å². The lowest BCUT2D eigenvalue weighted by Gasteiger charge is -2.48. The minimum Gasteiger partial charge on any atom is -0.467 e. The van der Waals surface area contributed by atoms with E-state index in [0.29, 0.717) is 19.5 Å². The van der Waals surface area contributed by atoms with Crippen LogP contribution in [0.1, 0.15) is 34.1 Å². The van der Waals surface area contributed by atoms with E-state index in [4.69, 9.17) is 4.74 Å². The Bertz CT molecular complexity index is 376. The second-order valence-electron chi connectivity index (χ2n) is 6.68. The molecule has 1 unspecified atom stereocenters. The van der Waals surface area contributed by atoms with E-state index in [0.717, 1.165) is 0 Å². The number of carbonyl (C=O) groups excluding carboxylic acids is 2. The first-order valence-electron chi connectivity index (χ1n) is 7.50. The molecular weight excluding hydrogens is 272 g/mol. The Kier molecular flexibility index (Phi) is 6.16. The molecule has 122 valence electrons. The molecule has 6 nitrogen and oxygen atoms in total. The smallest absolute Gasteiger partial charge is 0.328 e. The molecule has 1 rings (SSSR count). The largest absolute Gasteiger partial charge is 0.467 e. The number of β-amino-alcohol motifs (C(OH)–C–C–N with tert-alkyl or cyclic N) is 1. The van der Waals surface area contributed by atoms with Crippen LogP contribution in [-0.4, -0.2) is 60.3 Å². The highest BCUT2D eigenvalue weighted by atomic mass is 16.5. The van der Waals surface area contributed by atoms with Crippen molar-refractivity contribution >= 4 is 11.9 Å². The number of likely N-dealkylation sites (tertiary alicyclic amines) is 1. The molecule has 0 aromatic rings. The number of nitrogens with zero attached hydrogens (tertiary/aromatic N) is 1. The Hall–Kier alpha value is -1.14. The molecule has 0 bridgehead atoms. The van der Waals surface area contributed by atoms with Gasteiger partial charge in [-0.15, -0.1) is 0 Å². The van der Waals surface area contributed by atoms with Gasteiger partial charge in [0.25, 0.3) is 0 Å². The third-order valence-corrected chi connectivity index (χ3v) is 3.96. The maximum absolute atomic E-state index is 12.0. The molecule has 1 aliphatic heterocycles. The fourth-order valence-corrected chi connectivity index (χ4v) is 2.48. The van der Waals surface area contributed by atoms with E-state index >= 15 is 0 Å². The number of esters is 1. The highest BCUT2D eigenvalue weighted by molar-refractivity contribution is 5.85. The number of hydrogen-bond acceptors (Lipinski definition) is 5. The summed E-state index contributed by atoms with van der Waals surface area (Å²) in [4.78, 5) is 25.5. The fourth-order valence-electron chi connectivity index (χ4n) is 2.48. The van der Waals surface area contributed by atoms with Crippen LogP contribution in [0.25, 0.3) is 0 Å². The van der Waals surface area contributed by atoms with E-state index in [2.05, 4.69) is 5.32 Å². The normalized spacial score (nSPS) is 19.2. The zero-order chi connectivity index (χ0) is 16.2. The van der Waals surface area contributed by atoms with Gasteiger partial charge in [0.05, 0.1) is 19.3 Å². The van der Waals surface area contributed by atoms with Crippen molar-refractivity contribution in [2.75, 3.05) is 26.7 Å². The van der Waals surface area contributed by atoms with Crippen molar-refractivity contribution in [1.82, 2.24) is 10.2 Å². The molecule has 0 aromatic heterocycles. The minimum absolute atomic E-state index is 0.167. The lowest BCUT2D eigenvalue weighted by molar-refractivity contribution is -0.149. The Balaban J connectivity index is 2.43. The summed E-state index contributed by atoms with van der Waals surface area (Å²) in [6, 6.07) is -0.604. The van der Waals surface area contributed by atoms with Crippen LogP contribution in [0.4, 0.5) is 0 Å². The average molecular weight is 300 g/mol. The molecule has 0 spiro atoms. The van der Waals surface area contributed by atoms with Crippen LogP contribution in [-0.2, 0) is 14.3 Å². The van der Waals surface area contributed by atoms with Crippen molar-refractivity contribution in [2.24, 2.45) is 11.8 Å². The summed E-state index contributed by atoms with van der Waals surface area (Å²) in [6.45, 7) is 9.08. The Morgan fingerprint density at radius 1 is 1.29 bits per heavy atom. The summed E-state index contributed by atoms with van der Waals surface area (Å²) in [5, 5.41) is 12.9. The highest BCUT2D eigenvalue weighted by Gasteiger charge is 2.44. The zero-order valence-electron chi connectivity index (χ0n) is 13.7. The third kappa shape index (κ3) is 4.97. The van der Waals surface area contributed by atoms with Gasteiger partial charge in [-0.05, 0) is 18.3 Å². The maximum Gasteiger partial charge on any atom is 0.328 e. The van der Waals surface area contributed by atoms with Gasteiger partial charge in [0.2, 0.25) is 5.91 Å². The van der Waals surface area contributed by atoms with Gasteiger partial charge in [-0.1, -0.05) is 27.7 Å². The Morgan fingerprint density at radius 3 is 2.29 bits per heavy atom. The predicted molar refractivity (Wildman–Crippen MR) is 79.6 cm³/mol. The third-order valence-electron chi connectivity index (χ3n) is 3.96.